The SMILES string of the molecule is CCCCN(CCCC)C(=O)c1cccc2[nH]ccc12. The lowest BCUT2D eigenvalue weighted by Crippen LogP contribution is -2.33. The number of carbonyl (C=O) groups is 1. The Labute approximate surface area is 121 Å². The molecule has 0 unspecified atom stereocenters. The molecule has 0 aliphatic heterocycles. The lowest BCUT2D eigenvalue weighted by atomic mass is 10.1. The summed E-state index contributed by atoms with van der Waals surface area (Å²) >= 11 is 0. The van der Waals surface area contributed by atoms with Crippen LogP contribution in [0.5, 0.6) is 0 Å². The maximum Gasteiger partial charge on any atom is 0.254 e. The highest BCUT2D eigenvalue weighted by molar-refractivity contribution is 6.06. The lowest BCUT2D eigenvalue weighted by molar-refractivity contribution is 0.0753. The van der Waals surface area contributed by atoms with Crippen LogP contribution in [0.4, 0.5) is 0 Å². The summed E-state index contributed by atoms with van der Waals surface area (Å²) < 4.78 is 0. The first kappa shape index (κ1) is 14.6. The molecule has 0 aliphatic rings. The number of aromatic nitrogens is 1. The first-order chi connectivity index (χ1) is 9.77. The lowest BCUT2D eigenvalue weighted by Gasteiger charge is -2.23. The third-order valence-corrected chi connectivity index (χ3v) is 3.68. The van der Waals surface area contributed by atoms with E-state index in [9.17, 15) is 4.79 Å². The van der Waals surface area contributed by atoms with Crippen molar-refractivity contribution in [3.8, 4) is 0 Å². The van der Waals surface area contributed by atoms with Crippen LogP contribution in [0.1, 0.15) is 49.9 Å². The van der Waals surface area contributed by atoms with Gasteiger partial charge in [0, 0.05) is 35.8 Å². The van der Waals surface area contributed by atoms with Gasteiger partial charge >= 0.3 is 0 Å². The van der Waals surface area contributed by atoms with Gasteiger partial charge in [0.25, 0.3) is 5.91 Å². The van der Waals surface area contributed by atoms with Crippen molar-refractivity contribution in [1.82, 2.24) is 9.88 Å². The smallest absolute Gasteiger partial charge is 0.254 e. The Morgan fingerprint density at radius 1 is 1.10 bits per heavy atom. The van der Waals surface area contributed by atoms with E-state index in [0.717, 1.165) is 55.2 Å². The number of hydrogen-bond acceptors (Lipinski definition) is 1. The number of aromatic amines is 1. The molecule has 3 heteroatoms. The highest BCUT2D eigenvalue weighted by Gasteiger charge is 2.17. The van der Waals surface area contributed by atoms with Crippen molar-refractivity contribution in [3.63, 3.8) is 0 Å². The van der Waals surface area contributed by atoms with E-state index in [1.54, 1.807) is 0 Å². The number of amides is 1. The fourth-order valence-electron chi connectivity index (χ4n) is 2.46. The van der Waals surface area contributed by atoms with E-state index >= 15 is 0 Å². The molecule has 0 radical (unpaired) electrons. The zero-order valence-corrected chi connectivity index (χ0v) is 12.5. The minimum absolute atomic E-state index is 0.164. The van der Waals surface area contributed by atoms with Crippen molar-refractivity contribution in [1.29, 1.82) is 0 Å². The number of nitrogens with one attached hydrogen (secondary N) is 1. The Morgan fingerprint density at radius 2 is 1.80 bits per heavy atom. The largest absolute Gasteiger partial charge is 0.361 e. The van der Waals surface area contributed by atoms with Crippen molar-refractivity contribution < 1.29 is 4.79 Å². The first-order valence-corrected chi connectivity index (χ1v) is 7.63. The van der Waals surface area contributed by atoms with Crippen LogP contribution < -0.4 is 0 Å². The van der Waals surface area contributed by atoms with Crippen LogP contribution in [-0.2, 0) is 0 Å². The Bertz CT molecular complexity index is 551. The summed E-state index contributed by atoms with van der Waals surface area (Å²) in [4.78, 5) is 18.0. The summed E-state index contributed by atoms with van der Waals surface area (Å²) in [6.45, 7) is 6.04. The van der Waals surface area contributed by atoms with Crippen LogP contribution in [0.15, 0.2) is 30.5 Å². The topological polar surface area (TPSA) is 36.1 Å². The van der Waals surface area contributed by atoms with E-state index in [1.807, 2.05) is 35.4 Å². The number of rotatable bonds is 7. The molecule has 0 atom stereocenters. The molecule has 0 saturated carbocycles. The molecule has 1 aromatic carbocycles. The molecule has 0 fully saturated rings. The minimum atomic E-state index is 0.164. The molecule has 1 amide bonds. The molecule has 1 heterocycles. The minimum Gasteiger partial charge on any atom is -0.361 e. The van der Waals surface area contributed by atoms with Crippen LogP contribution >= 0.6 is 0 Å². The number of nitrogens with zero attached hydrogens (tertiary/aromatic N) is 1. The third kappa shape index (κ3) is 3.21. The number of unbranched alkanes of at least 4 members (excludes halogenated alkanes) is 2. The van der Waals surface area contributed by atoms with Crippen LogP contribution in [-0.4, -0.2) is 28.9 Å². The molecule has 108 valence electrons. The highest BCUT2D eigenvalue weighted by atomic mass is 16.2. The predicted molar refractivity (Wildman–Crippen MR) is 84.0 cm³/mol. The van der Waals surface area contributed by atoms with E-state index in [2.05, 4.69) is 18.8 Å². The summed E-state index contributed by atoms with van der Waals surface area (Å²) in [6.07, 6.45) is 6.26. The molecule has 0 aliphatic carbocycles. The Hall–Kier alpha value is -1.77. The fourth-order valence-corrected chi connectivity index (χ4v) is 2.46. The molecule has 1 N–H and O–H groups in total. The van der Waals surface area contributed by atoms with Crippen molar-refractivity contribution in [3.05, 3.63) is 36.0 Å². The van der Waals surface area contributed by atoms with Gasteiger partial charge in [0.1, 0.15) is 0 Å². The van der Waals surface area contributed by atoms with Gasteiger partial charge in [-0.25, -0.2) is 0 Å². The molecule has 0 spiro atoms. The Balaban J connectivity index is 2.23. The maximum atomic E-state index is 12.8. The standard InChI is InChI=1S/C17H24N2O/c1-3-5-12-19(13-6-4-2)17(20)15-8-7-9-16-14(15)10-11-18-16/h7-11,18H,3-6,12-13H2,1-2H3. The summed E-state index contributed by atoms with van der Waals surface area (Å²) in [5, 5.41) is 1.02. The van der Waals surface area contributed by atoms with Gasteiger partial charge in [-0.3, -0.25) is 4.79 Å². The number of hydrogen-bond donors (Lipinski definition) is 1. The summed E-state index contributed by atoms with van der Waals surface area (Å²) in [7, 11) is 0. The van der Waals surface area contributed by atoms with Crippen LogP contribution in [0, 0.1) is 0 Å². The van der Waals surface area contributed by atoms with Crippen molar-refractivity contribution in [2.75, 3.05) is 13.1 Å². The number of fused-ring (bicyclic) bond motifs is 1. The Kier molecular flexibility index (Phi) is 5.22. The second-order valence-electron chi connectivity index (χ2n) is 5.24. The molecule has 3 nitrogen and oxygen atoms in total. The summed E-state index contributed by atoms with van der Waals surface area (Å²) in [5.41, 5.74) is 1.85. The molecule has 0 saturated heterocycles. The zero-order chi connectivity index (χ0) is 14.4. The highest BCUT2D eigenvalue weighted by Crippen LogP contribution is 2.19. The van der Waals surface area contributed by atoms with Crippen molar-refractivity contribution in [2.24, 2.45) is 0 Å². The molecule has 20 heavy (non-hydrogen) atoms. The number of benzene rings is 1. The summed E-state index contributed by atoms with van der Waals surface area (Å²) in [5.74, 6) is 0.164. The average Bonchev–Trinajstić information content (AvgIpc) is 2.95. The van der Waals surface area contributed by atoms with Gasteiger partial charge < -0.3 is 9.88 Å². The number of H-pyrrole nitrogens is 1. The Morgan fingerprint density at radius 3 is 2.45 bits per heavy atom. The quantitative estimate of drug-likeness (QED) is 0.805. The van der Waals surface area contributed by atoms with Crippen LogP contribution in [0.3, 0.4) is 0 Å². The molecule has 1 aromatic heterocycles. The third-order valence-electron chi connectivity index (χ3n) is 3.68. The second kappa shape index (κ2) is 7.13. The van der Waals surface area contributed by atoms with Crippen LogP contribution in [0.2, 0.25) is 0 Å². The maximum absolute atomic E-state index is 12.8. The van der Waals surface area contributed by atoms with Gasteiger partial charge in [0.05, 0.1) is 0 Å². The molecular weight excluding hydrogens is 248 g/mol. The predicted octanol–water partition coefficient (Wildman–Crippen LogP) is 4.21. The van der Waals surface area contributed by atoms with Crippen molar-refractivity contribution in [2.45, 2.75) is 39.5 Å². The van der Waals surface area contributed by atoms with Gasteiger partial charge in [-0.05, 0) is 31.0 Å². The van der Waals surface area contributed by atoms with Gasteiger partial charge in [-0.2, -0.15) is 0 Å². The second-order valence-corrected chi connectivity index (χ2v) is 5.24. The van der Waals surface area contributed by atoms with E-state index in [4.69, 9.17) is 0 Å². The molecule has 0 bridgehead atoms. The van der Waals surface area contributed by atoms with Crippen LogP contribution in [0.25, 0.3) is 10.9 Å². The normalized spacial score (nSPS) is 10.9. The molecular formula is C17H24N2O. The van der Waals surface area contributed by atoms with Gasteiger partial charge in [0.15, 0.2) is 0 Å². The van der Waals surface area contributed by atoms with Gasteiger partial charge in [-0.15, -0.1) is 0 Å². The monoisotopic (exact) mass is 272 g/mol. The summed E-state index contributed by atoms with van der Waals surface area (Å²) in [6, 6.07) is 7.88. The average molecular weight is 272 g/mol. The molecule has 2 aromatic rings. The van der Waals surface area contributed by atoms with E-state index in [1.165, 1.54) is 0 Å². The number of carbonyl (C=O) groups excluding carboxylic acids is 1. The van der Waals surface area contributed by atoms with E-state index in [0.29, 0.717) is 0 Å². The van der Waals surface area contributed by atoms with E-state index < -0.39 is 0 Å². The van der Waals surface area contributed by atoms with E-state index in [-0.39, 0.29) is 5.91 Å². The molecule has 2 rings (SSSR count). The van der Waals surface area contributed by atoms with Crippen molar-refractivity contribution >= 4 is 16.8 Å². The van der Waals surface area contributed by atoms with Gasteiger partial charge in [-0.1, -0.05) is 32.8 Å². The van der Waals surface area contributed by atoms with Gasteiger partial charge in [0.2, 0.25) is 0 Å². The first-order valence-electron chi connectivity index (χ1n) is 7.63. The zero-order valence-electron chi connectivity index (χ0n) is 12.5. The fraction of sp³-hybridized carbons (Fsp3) is 0.471.